The molecule has 2 aromatic rings. The van der Waals surface area contributed by atoms with Gasteiger partial charge in [0.2, 0.25) is 5.76 Å². The predicted octanol–water partition coefficient (Wildman–Crippen LogP) is 3.01. The van der Waals surface area contributed by atoms with Gasteiger partial charge in [0.25, 0.3) is 0 Å². The summed E-state index contributed by atoms with van der Waals surface area (Å²) in [7, 11) is 2.75. The molecule has 0 saturated carbocycles. The maximum Gasteiger partial charge on any atom is 0.371 e. The highest BCUT2D eigenvalue weighted by molar-refractivity contribution is 5.90. The molecule has 0 unspecified atom stereocenters. The van der Waals surface area contributed by atoms with E-state index >= 15 is 0 Å². The van der Waals surface area contributed by atoms with E-state index < -0.39 is 11.9 Å². The molecule has 2 rings (SSSR count). The number of phenols is 1. The summed E-state index contributed by atoms with van der Waals surface area (Å²) in [6.07, 6.45) is 3.60. The van der Waals surface area contributed by atoms with Crippen molar-refractivity contribution in [2.45, 2.75) is 0 Å². The Balaban J connectivity index is 2.36. The molecule has 0 amide bonds. The van der Waals surface area contributed by atoms with Gasteiger partial charge in [-0.05, 0) is 47.5 Å². The zero-order chi connectivity index (χ0) is 20.7. The number of rotatable bonds is 8. The van der Waals surface area contributed by atoms with E-state index in [2.05, 4.69) is 0 Å². The smallest absolute Gasteiger partial charge is 0.371 e. The lowest BCUT2D eigenvalue weighted by molar-refractivity contribution is -0.135. The van der Waals surface area contributed by atoms with Crippen LogP contribution in [-0.4, -0.2) is 41.5 Å². The van der Waals surface area contributed by atoms with Crippen molar-refractivity contribution in [1.82, 2.24) is 0 Å². The molecule has 0 radical (unpaired) electrons. The number of hydrogen-bond acceptors (Lipinski definition) is 6. The van der Waals surface area contributed by atoms with E-state index in [1.54, 1.807) is 6.07 Å². The van der Waals surface area contributed by atoms with Crippen LogP contribution in [0, 0.1) is 0 Å². The Morgan fingerprint density at radius 3 is 2.14 bits per heavy atom. The number of ether oxygens (including phenoxy) is 3. The molecule has 0 fully saturated rings. The second-order valence-corrected chi connectivity index (χ2v) is 5.43. The second-order valence-electron chi connectivity index (χ2n) is 5.43. The van der Waals surface area contributed by atoms with Gasteiger partial charge >= 0.3 is 11.9 Å². The Hall–Kier alpha value is -3.94. The van der Waals surface area contributed by atoms with Crippen LogP contribution in [0.25, 0.3) is 12.2 Å². The largest absolute Gasteiger partial charge is 0.504 e. The highest BCUT2D eigenvalue weighted by Gasteiger charge is 2.15. The van der Waals surface area contributed by atoms with Crippen molar-refractivity contribution in [3.05, 3.63) is 59.4 Å². The van der Waals surface area contributed by atoms with Gasteiger partial charge in [-0.1, -0.05) is 12.1 Å². The van der Waals surface area contributed by atoms with Crippen molar-refractivity contribution in [1.29, 1.82) is 0 Å². The van der Waals surface area contributed by atoms with Gasteiger partial charge in [0.15, 0.2) is 23.0 Å². The number of hydrogen-bond donors (Lipinski definition) is 3. The summed E-state index contributed by atoms with van der Waals surface area (Å²) in [4.78, 5) is 22.2. The van der Waals surface area contributed by atoms with Gasteiger partial charge in [-0.2, -0.15) is 0 Å². The maximum absolute atomic E-state index is 11.6. The van der Waals surface area contributed by atoms with E-state index in [-0.39, 0.29) is 28.8 Å². The minimum Gasteiger partial charge on any atom is -0.504 e. The Labute approximate surface area is 160 Å². The fourth-order valence-corrected chi connectivity index (χ4v) is 2.23. The molecule has 0 heterocycles. The average molecular weight is 386 g/mol. The van der Waals surface area contributed by atoms with Crippen LogP contribution in [0.15, 0.2) is 48.2 Å². The average Bonchev–Trinajstić information content (AvgIpc) is 2.67. The summed E-state index contributed by atoms with van der Waals surface area (Å²) in [5.41, 5.74) is 0.975. The van der Waals surface area contributed by atoms with Crippen molar-refractivity contribution in [3.63, 3.8) is 0 Å². The lowest BCUT2D eigenvalue weighted by Gasteiger charge is -2.12. The zero-order valence-corrected chi connectivity index (χ0v) is 15.1. The van der Waals surface area contributed by atoms with E-state index in [1.807, 2.05) is 0 Å². The first-order valence-corrected chi connectivity index (χ1v) is 7.93. The standard InChI is InChI=1S/C20H18O8/c1-26-16-10-13(3-6-14(16)21)11-18(20(24)25)28-15-7-4-12(5-8-19(22)23)9-17(15)27-2/h3-11,21H,1-2H3,(H,22,23)(H,24,25)/b8-5+,18-11-. The molecule has 8 heteroatoms. The van der Waals surface area contributed by atoms with Gasteiger partial charge in [0, 0.05) is 6.08 Å². The highest BCUT2D eigenvalue weighted by atomic mass is 16.5. The van der Waals surface area contributed by atoms with Crippen LogP contribution in [0.2, 0.25) is 0 Å². The number of methoxy groups -OCH3 is 2. The van der Waals surface area contributed by atoms with Crippen LogP contribution in [-0.2, 0) is 9.59 Å². The summed E-state index contributed by atoms with van der Waals surface area (Å²) in [6, 6.07) is 8.86. The summed E-state index contributed by atoms with van der Waals surface area (Å²) < 4.78 is 15.7. The van der Waals surface area contributed by atoms with Crippen LogP contribution in [0.5, 0.6) is 23.0 Å². The van der Waals surface area contributed by atoms with Crippen LogP contribution >= 0.6 is 0 Å². The first kappa shape index (κ1) is 20.4. The molecule has 0 spiro atoms. The Kier molecular flexibility index (Phi) is 6.64. The van der Waals surface area contributed by atoms with Crippen LogP contribution in [0.3, 0.4) is 0 Å². The maximum atomic E-state index is 11.6. The van der Waals surface area contributed by atoms with Crippen molar-refractivity contribution in [3.8, 4) is 23.0 Å². The minimum atomic E-state index is -1.32. The number of carboxylic acids is 2. The van der Waals surface area contributed by atoms with Gasteiger partial charge in [0.05, 0.1) is 14.2 Å². The van der Waals surface area contributed by atoms with Gasteiger partial charge in [-0.25, -0.2) is 9.59 Å². The van der Waals surface area contributed by atoms with Crippen molar-refractivity contribution in [2.75, 3.05) is 14.2 Å². The summed E-state index contributed by atoms with van der Waals surface area (Å²) in [5, 5.41) is 27.8. The van der Waals surface area contributed by atoms with Crippen LogP contribution in [0.4, 0.5) is 0 Å². The van der Waals surface area contributed by atoms with Gasteiger partial charge in [-0.15, -0.1) is 0 Å². The van der Waals surface area contributed by atoms with Crippen LogP contribution < -0.4 is 14.2 Å². The van der Waals surface area contributed by atoms with Gasteiger partial charge < -0.3 is 29.5 Å². The fraction of sp³-hybridized carbons (Fsp3) is 0.100. The lowest BCUT2D eigenvalue weighted by atomic mass is 10.1. The third kappa shape index (κ3) is 5.28. The summed E-state index contributed by atoms with van der Waals surface area (Å²) in [6.45, 7) is 0. The number of aliphatic carboxylic acids is 2. The van der Waals surface area contributed by atoms with E-state index in [4.69, 9.17) is 19.3 Å². The highest BCUT2D eigenvalue weighted by Crippen LogP contribution is 2.31. The molecule has 0 aliphatic carbocycles. The number of benzene rings is 2. The van der Waals surface area contributed by atoms with Crippen molar-refractivity contribution in [2.24, 2.45) is 0 Å². The lowest BCUT2D eigenvalue weighted by Crippen LogP contribution is -2.08. The third-order valence-electron chi connectivity index (χ3n) is 3.54. The molecule has 0 atom stereocenters. The Bertz CT molecular complexity index is 943. The number of aromatic hydroxyl groups is 1. The molecule has 8 nitrogen and oxygen atoms in total. The molecule has 0 aliphatic heterocycles. The molecular formula is C20H18O8. The monoisotopic (exact) mass is 386 g/mol. The van der Waals surface area contributed by atoms with Gasteiger partial charge in [-0.3, -0.25) is 0 Å². The molecule has 2 aromatic carbocycles. The molecule has 0 aliphatic rings. The number of phenolic OH excluding ortho intramolecular Hbond substituents is 1. The summed E-state index contributed by atoms with van der Waals surface area (Å²) in [5.74, 6) is -2.34. The van der Waals surface area contributed by atoms with Gasteiger partial charge in [0.1, 0.15) is 0 Å². The zero-order valence-electron chi connectivity index (χ0n) is 15.1. The molecule has 0 saturated heterocycles. The van der Waals surface area contributed by atoms with Crippen molar-refractivity contribution >= 4 is 24.1 Å². The van der Waals surface area contributed by atoms with Crippen LogP contribution in [0.1, 0.15) is 11.1 Å². The first-order chi connectivity index (χ1) is 13.3. The SMILES string of the molecule is COc1cc(/C=C(\Oc2ccc(/C=C/C(=O)O)cc2OC)C(=O)O)ccc1O. The van der Waals surface area contributed by atoms with E-state index in [9.17, 15) is 19.8 Å². The molecule has 3 N–H and O–H groups in total. The normalized spacial score (nSPS) is 11.3. The molecule has 0 aromatic heterocycles. The number of carboxylic acid groups (broad SMARTS) is 2. The first-order valence-electron chi connectivity index (χ1n) is 7.93. The summed E-state index contributed by atoms with van der Waals surface area (Å²) >= 11 is 0. The minimum absolute atomic E-state index is 0.0795. The molecule has 0 bridgehead atoms. The third-order valence-corrected chi connectivity index (χ3v) is 3.54. The Morgan fingerprint density at radius 1 is 0.893 bits per heavy atom. The molecule has 28 heavy (non-hydrogen) atoms. The molecule has 146 valence electrons. The Morgan fingerprint density at radius 2 is 1.54 bits per heavy atom. The van der Waals surface area contributed by atoms with E-state index in [1.165, 1.54) is 56.7 Å². The van der Waals surface area contributed by atoms with Crippen molar-refractivity contribution < 1.29 is 39.1 Å². The van der Waals surface area contributed by atoms with E-state index in [0.29, 0.717) is 11.1 Å². The second kappa shape index (κ2) is 9.13. The number of carbonyl (C=O) groups is 2. The quantitative estimate of drug-likeness (QED) is 0.467. The predicted molar refractivity (Wildman–Crippen MR) is 101 cm³/mol. The molecular weight excluding hydrogens is 368 g/mol. The van der Waals surface area contributed by atoms with E-state index in [0.717, 1.165) is 6.08 Å². The fourth-order valence-electron chi connectivity index (χ4n) is 2.23. The topological polar surface area (TPSA) is 123 Å².